The Balaban J connectivity index is 0.000000202. The molecular weight excluding hydrogens is 487 g/mol. The summed E-state index contributed by atoms with van der Waals surface area (Å²) in [6.45, 7) is 5.46. The van der Waals surface area contributed by atoms with E-state index in [1.807, 2.05) is 13.0 Å². The summed E-state index contributed by atoms with van der Waals surface area (Å²) in [5.41, 5.74) is 6.79. The number of benzene rings is 1. The van der Waals surface area contributed by atoms with Crippen LogP contribution in [0.25, 0.3) is 11.1 Å². The molecule has 1 aliphatic heterocycles. The van der Waals surface area contributed by atoms with Crippen molar-refractivity contribution in [3.8, 4) is 17.2 Å². The second-order valence-corrected chi connectivity index (χ2v) is 9.36. The highest BCUT2D eigenvalue weighted by Gasteiger charge is 2.37. The van der Waals surface area contributed by atoms with Gasteiger partial charge in [-0.1, -0.05) is 43.3 Å². The quantitative estimate of drug-likeness (QED) is 0.462. The number of carbonyl (C=O) groups excluding carboxylic acids is 1. The van der Waals surface area contributed by atoms with E-state index < -0.39 is 11.9 Å². The lowest BCUT2D eigenvalue weighted by atomic mass is 10.1. The van der Waals surface area contributed by atoms with Crippen LogP contribution in [0.15, 0.2) is 54.7 Å². The third kappa shape index (κ3) is 6.83. The lowest BCUT2D eigenvalue weighted by molar-refractivity contribution is -0.141. The maximum Gasteiger partial charge on any atom is 0.435 e. The van der Waals surface area contributed by atoms with Crippen LogP contribution in [0, 0.1) is 11.3 Å². The number of carbonyl (C=O) groups is 1. The first-order valence-electron chi connectivity index (χ1n) is 11.6. The number of alkyl halides is 3. The molecule has 4 rings (SSSR count). The molecule has 6 nitrogen and oxygen atoms in total. The average Bonchev–Trinajstić information content (AvgIpc) is 3.51. The standard InChI is InChI=1S/C14H17N3OS.C12H11F3N2/c1-2-11(16)3-4-14(18)17-6-5-10-7-12(8-15)19-13(10)9-17;1-2-17-8-10(9-6-4-3-5-7-9)11(16-17)12(13,14)15/h3-4,7,11H,2,5-6,9,16H2,1H3;3-8H,2H2,1H3/b4-3+;. The summed E-state index contributed by atoms with van der Waals surface area (Å²) in [5, 5.41) is 12.5. The molecule has 0 radical (unpaired) electrons. The van der Waals surface area contributed by atoms with Crippen LogP contribution in [0.5, 0.6) is 0 Å². The smallest absolute Gasteiger partial charge is 0.334 e. The van der Waals surface area contributed by atoms with Gasteiger partial charge in [0.25, 0.3) is 0 Å². The summed E-state index contributed by atoms with van der Waals surface area (Å²) in [7, 11) is 0. The predicted molar refractivity (Wildman–Crippen MR) is 134 cm³/mol. The van der Waals surface area contributed by atoms with Gasteiger partial charge < -0.3 is 10.6 Å². The Morgan fingerprint density at radius 2 is 2.03 bits per heavy atom. The van der Waals surface area contributed by atoms with E-state index >= 15 is 0 Å². The van der Waals surface area contributed by atoms with Gasteiger partial charge >= 0.3 is 6.18 Å². The third-order valence-electron chi connectivity index (χ3n) is 5.70. The van der Waals surface area contributed by atoms with Gasteiger partial charge in [-0.05, 0) is 37.0 Å². The molecule has 190 valence electrons. The number of thiophene rings is 1. The molecule has 3 aromatic rings. The summed E-state index contributed by atoms with van der Waals surface area (Å²) < 4.78 is 39.7. The maximum atomic E-state index is 12.8. The van der Waals surface area contributed by atoms with Gasteiger partial charge in [-0.2, -0.15) is 23.5 Å². The number of rotatable bonds is 5. The minimum Gasteiger partial charge on any atom is -0.334 e. The monoisotopic (exact) mass is 515 g/mol. The third-order valence-corrected chi connectivity index (χ3v) is 6.77. The molecule has 0 saturated heterocycles. The Morgan fingerprint density at radius 1 is 1.31 bits per heavy atom. The molecule has 0 saturated carbocycles. The number of nitrogens with two attached hydrogens (primary N) is 1. The first-order chi connectivity index (χ1) is 17.2. The lowest BCUT2D eigenvalue weighted by Gasteiger charge is -2.25. The maximum absolute atomic E-state index is 12.8. The van der Waals surface area contributed by atoms with E-state index in [2.05, 4.69) is 11.2 Å². The van der Waals surface area contributed by atoms with Crippen LogP contribution in [-0.4, -0.2) is 33.2 Å². The van der Waals surface area contributed by atoms with Gasteiger partial charge in [-0.3, -0.25) is 9.48 Å². The Bertz CT molecular complexity index is 1240. The Hall–Kier alpha value is -3.42. The van der Waals surface area contributed by atoms with Crippen molar-refractivity contribution >= 4 is 17.2 Å². The summed E-state index contributed by atoms with van der Waals surface area (Å²) in [6, 6.07) is 12.5. The molecule has 1 unspecified atom stereocenters. The normalized spacial score (nSPS) is 14.1. The van der Waals surface area contributed by atoms with Crippen molar-refractivity contribution in [3.63, 3.8) is 0 Å². The van der Waals surface area contributed by atoms with Crippen LogP contribution in [0.3, 0.4) is 0 Å². The minimum absolute atomic E-state index is 0.00135. The average molecular weight is 516 g/mol. The number of nitriles is 1. The molecule has 36 heavy (non-hydrogen) atoms. The van der Waals surface area contributed by atoms with Gasteiger partial charge in [0, 0.05) is 41.8 Å². The van der Waals surface area contributed by atoms with E-state index in [4.69, 9.17) is 11.0 Å². The predicted octanol–water partition coefficient (Wildman–Crippen LogP) is 5.39. The van der Waals surface area contributed by atoms with Crippen molar-refractivity contribution in [2.24, 2.45) is 5.73 Å². The molecule has 10 heteroatoms. The molecule has 0 bridgehead atoms. The zero-order valence-electron chi connectivity index (χ0n) is 20.1. The zero-order valence-corrected chi connectivity index (χ0v) is 20.9. The van der Waals surface area contributed by atoms with Crippen molar-refractivity contribution in [1.82, 2.24) is 14.7 Å². The Kier molecular flexibility index (Phi) is 9.07. The molecule has 2 N–H and O–H groups in total. The molecule has 3 heterocycles. The van der Waals surface area contributed by atoms with Crippen LogP contribution in [-0.2, 0) is 30.5 Å². The summed E-state index contributed by atoms with van der Waals surface area (Å²) >= 11 is 1.48. The summed E-state index contributed by atoms with van der Waals surface area (Å²) in [5.74, 6) is 0.00135. The number of nitrogens with zero attached hydrogens (tertiary/aromatic N) is 4. The molecule has 0 fully saturated rings. The highest BCUT2D eigenvalue weighted by molar-refractivity contribution is 7.12. The van der Waals surface area contributed by atoms with Gasteiger partial charge in [0.2, 0.25) is 5.91 Å². The van der Waals surface area contributed by atoms with Gasteiger partial charge in [0.15, 0.2) is 5.69 Å². The molecular formula is C26H28F3N5OS. The van der Waals surface area contributed by atoms with E-state index in [-0.39, 0.29) is 17.5 Å². The second-order valence-electron chi connectivity index (χ2n) is 8.22. The first-order valence-corrected chi connectivity index (χ1v) is 12.4. The number of aromatic nitrogens is 2. The molecule has 0 aliphatic carbocycles. The van der Waals surface area contributed by atoms with Gasteiger partial charge in [-0.15, -0.1) is 11.3 Å². The molecule has 1 atom stereocenters. The van der Waals surface area contributed by atoms with Gasteiger partial charge in [0.1, 0.15) is 10.9 Å². The summed E-state index contributed by atoms with van der Waals surface area (Å²) in [4.78, 5) is 15.7. The highest BCUT2D eigenvalue weighted by atomic mass is 32.1. The Labute approximate surface area is 212 Å². The van der Waals surface area contributed by atoms with E-state index in [1.54, 1.807) is 54.3 Å². The highest BCUT2D eigenvalue weighted by Crippen LogP contribution is 2.35. The molecule has 2 aromatic heterocycles. The number of aryl methyl sites for hydroxylation is 1. The SMILES string of the molecule is CCC(N)/C=C/C(=O)N1CCc2cc(C#N)sc2C1.CCn1cc(-c2ccccc2)c(C(F)(F)F)n1. The van der Waals surface area contributed by atoms with E-state index in [0.717, 1.165) is 22.6 Å². The number of hydrogen-bond donors (Lipinski definition) is 1. The fourth-order valence-electron chi connectivity index (χ4n) is 3.63. The van der Waals surface area contributed by atoms with Crippen molar-refractivity contribution in [3.05, 3.63) is 75.8 Å². The summed E-state index contributed by atoms with van der Waals surface area (Å²) in [6.07, 6.45) is 1.98. The topological polar surface area (TPSA) is 87.9 Å². The van der Waals surface area contributed by atoms with E-state index in [1.165, 1.54) is 27.8 Å². The number of fused-ring (bicyclic) bond motifs is 1. The molecule has 1 amide bonds. The van der Waals surface area contributed by atoms with Crippen molar-refractivity contribution < 1.29 is 18.0 Å². The number of amides is 1. The Morgan fingerprint density at radius 3 is 2.64 bits per heavy atom. The second kappa shape index (κ2) is 12.0. The van der Waals surface area contributed by atoms with Crippen LogP contribution in [0.2, 0.25) is 0 Å². The lowest BCUT2D eigenvalue weighted by Crippen LogP contribution is -2.34. The van der Waals surface area contributed by atoms with Crippen LogP contribution < -0.4 is 5.73 Å². The van der Waals surface area contributed by atoms with Crippen LogP contribution in [0.4, 0.5) is 13.2 Å². The molecule has 1 aliphatic rings. The number of hydrogen-bond acceptors (Lipinski definition) is 5. The van der Waals surface area contributed by atoms with Gasteiger partial charge in [-0.25, -0.2) is 0 Å². The molecule has 0 spiro atoms. The minimum atomic E-state index is -4.43. The van der Waals surface area contributed by atoms with Crippen molar-refractivity contribution in [2.45, 2.75) is 52.0 Å². The van der Waals surface area contributed by atoms with Crippen LogP contribution >= 0.6 is 11.3 Å². The fraction of sp³-hybridized carbons (Fsp3) is 0.346. The molecule has 1 aromatic carbocycles. The van der Waals surface area contributed by atoms with Crippen molar-refractivity contribution in [1.29, 1.82) is 5.26 Å². The first kappa shape index (κ1) is 27.2. The zero-order chi connectivity index (χ0) is 26.3. The fourth-order valence-corrected chi connectivity index (χ4v) is 4.66. The number of halogens is 3. The van der Waals surface area contributed by atoms with Crippen LogP contribution in [0.1, 0.15) is 41.3 Å². The van der Waals surface area contributed by atoms with E-state index in [0.29, 0.717) is 25.2 Å². The van der Waals surface area contributed by atoms with E-state index in [9.17, 15) is 18.0 Å². The van der Waals surface area contributed by atoms with Crippen molar-refractivity contribution in [2.75, 3.05) is 6.54 Å². The largest absolute Gasteiger partial charge is 0.435 e. The van der Waals surface area contributed by atoms with Gasteiger partial charge in [0.05, 0.1) is 6.54 Å².